The molecule has 1 aromatic rings. The molecule has 0 saturated carbocycles. The van der Waals surface area contributed by atoms with Gasteiger partial charge in [0.15, 0.2) is 0 Å². The summed E-state index contributed by atoms with van der Waals surface area (Å²) in [5.74, 6) is 0.896. The van der Waals surface area contributed by atoms with Gasteiger partial charge in [0.1, 0.15) is 5.75 Å². The van der Waals surface area contributed by atoms with Crippen LogP contribution < -0.4 is 10.1 Å². The molecule has 4 heteroatoms. The van der Waals surface area contributed by atoms with E-state index in [1.165, 1.54) is 11.1 Å². The topological polar surface area (TPSA) is 39.7 Å². The van der Waals surface area contributed by atoms with Crippen LogP contribution in [0.4, 0.5) is 0 Å². The molecule has 0 amide bonds. The molecule has 1 rings (SSSR count). The highest BCUT2D eigenvalue weighted by Gasteiger charge is 2.12. The van der Waals surface area contributed by atoms with Crippen molar-refractivity contribution >= 4 is 0 Å². The number of hydrogen-bond donors (Lipinski definition) is 1. The van der Waals surface area contributed by atoms with Crippen LogP contribution in [0.1, 0.15) is 23.6 Å². The number of ether oxygens (including phenoxy) is 3. The molecule has 0 fully saturated rings. The Bertz CT molecular complexity index is 368. The van der Waals surface area contributed by atoms with Gasteiger partial charge in [0.05, 0.1) is 20.3 Å². The van der Waals surface area contributed by atoms with E-state index in [0.717, 1.165) is 18.8 Å². The number of hydrogen-bond acceptors (Lipinski definition) is 4. The van der Waals surface area contributed by atoms with E-state index in [9.17, 15) is 0 Å². The molecule has 1 aromatic carbocycles. The fraction of sp³-hybridized carbons (Fsp3) is 0.600. The lowest BCUT2D eigenvalue weighted by molar-refractivity contribution is 0.0660. The molecule has 0 aromatic heterocycles. The lowest BCUT2D eigenvalue weighted by atomic mass is 9.99. The van der Waals surface area contributed by atoms with E-state index in [0.29, 0.717) is 19.3 Å². The van der Waals surface area contributed by atoms with Gasteiger partial charge in [-0.3, -0.25) is 0 Å². The van der Waals surface area contributed by atoms with Crippen LogP contribution in [-0.4, -0.2) is 41.1 Å². The van der Waals surface area contributed by atoms with Gasteiger partial charge in [-0.2, -0.15) is 0 Å². The van der Waals surface area contributed by atoms with E-state index in [4.69, 9.17) is 14.2 Å². The van der Waals surface area contributed by atoms with Crippen molar-refractivity contribution in [3.8, 4) is 5.75 Å². The predicted octanol–water partition coefficient (Wildman–Crippen LogP) is 2.32. The van der Waals surface area contributed by atoms with Gasteiger partial charge < -0.3 is 19.5 Å². The Morgan fingerprint density at radius 1 is 1.16 bits per heavy atom. The van der Waals surface area contributed by atoms with Crippen molar-refractivity contribution in [3.63, 3.8) is 0 Å². The maximum absolute atomic E-state index is 5.52. The first kappa shape index (κ1) is 16.0. The van der Waals surface area contributed by atoms with Crippen molar-refractivity contribution in [2.45, 2.75) is 19.4 Å². The summed E-state index contributed by atoms with van der Waals surface area (Å²) in [7, 11) is 5.34. The summed E-state index contributed by atoms with van der Waals surface area (Å²) < 4.78 is 15.7. The fourth-order valence-corrected chi connectivity index (χ4v) is 2.07. The Labute approximate surface area is 116 Å². The quantitative estimate of drug-likeness (QED) is 0.697. The summed E-state index contributed by atoms with van der Waals surface area (Å²) in [6.45, 7) is 4.12. The molecule has 1 unspecified atom stereocenters. The first-order valence-corrected chi connectivity index (χ1v) is 6.61. The molecule has 19 heavy (non-hydrogen) atoms. The van der Waals surface area contributed by atoms with Crippen LogP contribution in [0.5, 0.6) is 5.75 Å². The number of methoxy groups -OCH3 is 2. The van der Waals surface area contributed by atoms with Crippen molar-refractivity contribution in [2.24, 2.45) is 0 Å². The molecule has 0 radical (unpaired) electrons. The van der Waals surface area contributed by atoms with Crippen LogP contribution in [0.3, 0.4) is 0 Å². The Kier molecular flexibility index (Phi) is 7.48. The van der Waals surface area contributed by atoms with Gasteiger partial charge in [0, 0.05) is 19.8 Å². The standard InChI is InChI=1S/C15H25NO3/c1-12-11-13(18-4)5-6-14(12)15(16-2)7-8-19-10-9-17-3/h5-6,11,15-16H,7-10H2,1-4H3. The predicted molar refractivity (Wildman–Crippen MR) is 76.8 cm³/mol. The summed E-state index contributed by atoms with van der Waals surface area (Å²) in [6, 6.07) is 6.47. The van der Waals surface area contributed by atoms with Gasteiger partial charge >= 0.3 is 0 Å². The van der Waals surface area contributed by atoms with Gasteiger partial charge in [-0.15, -0.1) is 0 Å². The second-order valence-corrected chi connectivity index (χ2v) is 4.46. The minimum absolute atomic E-state index is 0.299. The molecule has 108 valence electrons. The Morgan fingerprint density at radius 3 is 2.53 bits per heavy atom. The fourth-order valence-electron chi connectivity index (χ4n) is 2.07. The number of nitrogens with one attached hydrogen (secondary N) is 1. The zero-order valence-electron chi connectivity index (χ0n) is 12.4. The molecule has 0 bridgehead atoms. The van der Waals surface area contributed by atoms with Crippen LogP contribution >= 0.6 is 0 Å². The highest BCUT2D eigenvalue weighted by molar-refractivity contribution is 5.36. The molecule has 1 atom stereocenters. The third kappa shape index (κ3) is 5.19. The van der Waals surface area contributed by atoms with Crippen molar-refractivity contribution in [1.82, 2.24) is 5.32 Å². The van der Waals surface area contributed by atoms with Crippen LogP contribution in [0, 0.1) is 6.92 Å². The summed E-state index contributed by atoms with van der Waals surface area (Å²) in [6.07, 6.45) is 0.938. The van der Waals surface area contributed by atoms with Gasteiger partial charge in [0.2, 0.25) is 0 Å². The highest BCUT2D eigenvalue weighted by atomic mass is 16.5. The van der Waals surface area contributed by atoms with Crippen LogP contribution in [0.25, 0.3) is 0 Å². The largest absolute Gasteiger partial charge is 0.497 e. The van der Waals surface area contributed by atoms with E-state index >= 15 is 0 Å². The Morgan fingerprint density at radius 2 is 1.95 bits per heavy atom. The van der Waals surface area contributed by atoms with Crippen molar-refractivity contribution < 1.29 is 14.2 Å². The average molecular weight is 267 g/mol. The monoisotopic (exact) mass is 267 g/mol. The van der Waals surface area contributed by atoms with Crippen molar-refractivity contribution in [3.05, 3.63) is 29.3 Å². The van der Waals surface area contributed by atoms with Crippen LogP contribution in [0.15, 0.2) is 18.2 Å². The Balaban J connectivity index is 2.54. The number of rotatable bonds is 9. The zero-order valence-corrected chi connectivity index (χ0v) is 12.4. The smallest absolute Gasteiger partial charge is 0.119 e. The molecule has 0 spiro atoms. The summed E-state index contributed by atoms with van der Waals surface area (Å²) in [4.78, 5) is 0. The second kappa shape index (κ2) is 8.91. The van der Waals surface area contributed by atoms with Crippen LogP contribution in [0.2, 0.25) is 0 Å². The van der Waals surface area contributed by atoms with E-state index in [-0.39, 0.29) is 0 Å². The van der Waals surface area contributed by atoms with E-state index in [1.807, 2.05) is 13.1 Å². The van der Waals surface area contributed by atoms with E-state index < -0.39 is 0 Å². The normalized spacial score (nSPS) is 12.4. The zero-order chi connectivity index (χ0) is 14.1. The molecular formula is C15H25NO3. The highest BCUT2D eigenvalue weighted by Crippen LogP contribution is 2.24. The molecule has 0 aliphatic carbocycles. The molecule has 0 aliphatic rings. The molecule has 0 aliphatic heterocycles. The molecule has 0 saturated heterocycles. The van der Waals surface area contributed by atoms with Crippen LogP contribution in [-0.2, 0) is 9.47 Å². The van der Waals surface area contributed by atoms with E-state index in [1.54, 1.807) is 14.2 Å². The maximum atomic E-state index is 5.52. The van der Waals surface area contributed by atoms with Gasteiger partial charge in [-0.05, 0) is 43.7 Å². The van der Waals surface area contributed by atoms with E-state index in [2.05, 4.69) is 24.4 Å². The number of aryl methyl sites for hydroxylation is 1. The molecule has 4 nitrogen and oxygen atoms in total. The minimum atomic E-state index is 0.299. The first-order chi connectivity index (χ1) is 9.22. The molecular weight excluding hydrogens is 242 g/mol. The molecule has 0 heterocycles. The third-order valence-electron chi connectivity index (χ3n) is 3.18. The maximum Gasteiger partial charge on any atom is 0.119 e. The summed E-state index contributed by atoms with van der Waals surface area (Å²) in [5, 5.41) is 3.34. The van der Waals surface area contributed by atoms with Gasteiger partial charge in [-0.1, -0.05) is 6.07 Å². The third-order valence-corrected chi connectivity index (χ3v) is 3.18. The van der Waals surface area contributed by atoms with Gasteiger partial charge in [0.25, 0.3) is 0 Å². The number of benzene rings is 1. The Hall–Kier alpha value is -1.10. The SMILES string of the molecule is CNC(CCOCCOC)c1ccc(OC)cc1C. The van der Waals surface area contributed by atoms with Gasteiger partial charge in [-0.25, -0.2) is 0 Å². The lowest BCUT2D eigenvalue weighted by Crippen LogP contribution is -2.19. The van der Waals surface area contributed by atoms with Crippen molar-refractivity contribution in [2.75, 3.05) is 41.1 Å². The summed E-state index contributed by atoms with van der Waals surface area (Å²) in [5.41, 5.74) is 2.52. The van der Waals surface area contributed by atoms with Crippen molar-refractivity contribution in [1.29, 1.82) is 0 Å². The second-order valence-electron chi connectivity index (χ2n) is 4.46. The summed E-state index contributed by atoms with van der Waals surface area (Å²) >= 11 is 0. The molecule has 1 N–H and O–H groups in total. The lowest BCUT2D eigenvalue weighted by Gasteiger charge is -2.19. The minimum Gasteiger partial charge on any atom is -0.497 e. The average Bonchev–Trinajstić information content (AvgIpc) is 2.43. The first-order valence-electron chi connectivity index (χ1n) is 6.61.